The number of rotatable bonds is 3. The van der Waals surface area contributed by atoms with Crippen molar-refractivity contribution in [2.75, 3.05) is 5.32 Å². The highest BCUT2D eigenvalue weighted by Gasteiger charge is 2.14. The van der Waals surface area contributed by atoms with E-state index in [-0.39, 0.29) is 5.91 Å². The second-order valence-corrected chi connectivity index (χ2v) is 6.73. The minimum absolute atomic E-state index is 0.199. The fourth-order valence-corrected chi connectivity index (χ4v) is 3.27. The SMILES string of the molecule is Cc1ccccc1-c1cc(NC(=O)c2ccncc2)c2ncc(Br)n2c1. The lowest BCUT2D eigenvalue weighted by Gasteiger charge is -2.12. The molecule has 1 amide bonds. The molecule has 3 aromatic heterocycles. The number of benzene rings is 1. The third kappa shape index (κ3) is 2.99. The summed E-state index contributed by atoms with van der Waals surface area (Å²) in [6.45, 7) is 2.07. The van der Waals surface area contributed by atoms with Crippen LogP contribution in [0.2, 0.25) is 0 Å². The Labute approximate surface area is 158 Å². The summed E-state index contributed by atoms with van der Waals surface area (Å²) in [6, 6.07) is 13.5. The quantitative estimate of drug-likeness (QED) is 0.535. The van der Waals surface area contributed by atoms with E-state index in [0.29, 0.717) is 16.9 Å². The number of pyridine rings is 2. The number of hydrogen-bond acceptors (Lipinski definition) is 3. The van der Waals surface area contributed by atoms with Crippen molar-refractivity contribution in [3.05, 3.63) is 83.0 Å². The lowest BCUT2D eigenvalue weighted by atomic mass is 10.0. The molecule has 4 rings (SSSR count). The van der Waals surface area contributed by atoms with Crippen LogP contribution in [0.3, 0.4) is 0 Å². The lowest BCUT2D eigenvalue weighted by Crippen LogP contribution is -2.13. The molecule has 0 unspecified atom stereocenters. The second-order valence-electron chi connectivity index (χ2n) is 5.92. The number of nitrogens with one attached hydrogen (secondary N) is 1. The molecule has 0 radical (unpaired) electrons. The van der Waals surface area contributed by atoms with Crippen LogP contribution in [-0.4, -0.2) is 20.3 Å². The van der Waals surface area contributed by atoms with Crippen molar-refractivity contribution in [2.24, 2.45) is 0 Å². The summed E-state index contributed by atoms with van der Waals surface area (Å²) in [5.41, 5.74) is 5.14. The van der Waals surface area contributed by atoms with Gasteiger partial charge in [0, 0.05) is 29.7 Å². The number of carbonyl (C=O) groups is 1. The zero-order valence-electron chi connectivity index (χ0n) is 14.0. The normalized spacial score (nSPS) is 10.8. The zero-order valence-corrected chi connectivity index (χ0v) is 15.6. The van der Waals surface area contributed by atoms with Crippen LogP contribution in [-0.2, 0) is 0 Å². The predicted molar refractivity (Wildman–Crippen MR) is 105 cm³/mol. The van der Waals surface area contributed by atoms with Crippen molar-refractivity contribution in [1.82, 2.24) is 14.4 Å². The Morgan fingerprint density at radius 3 is 2.69 bits per heavy atom. The third-order valence-corrected chi connectivity index (χ3v) is 4.79. The molecule has 128 valence electrons. The van der Waals surface area contributed by atoms with Gasteiger partial charge in [-0.15, -0.1) is 0 Å². The first-order valence-electron chi connectivity index (χ1n) is 8.07. The number of aryl methyl sites for hydroxylation is 1. The number of anilines is 1. The summed E-state index contributed by atoms with van der Waals surface area (Å²) in [5.74, 6) is -0.199. The van der Waals surface area contributed by atoms with Crippen molar-refractivity contribution >= 4 is 33.2 Å². The number of nitrogens with zero attached hydrogens (tertiary/aromatic N) is 3. The first-order chi connectivity index (χ1) is 12.6. The van der Waals surface area contributed by atoms with Crippen molar-refractivity contribution in [2.45, 2.75) is 6.92 Å². The Hall–Kier alpha value is -2.99. The van der Waals surface area contributed by atoms with E-state index in [4.69, 9.17) is 0 Å². The number of imidazole rings is 1. The lowest BCUT2D eigenvalue weighted by molar-refractivity contribution is 0.102. The van der Waals surface area contributed by atoms with Crippen LogP contribution >= 0.6 is 15.9 Å². The molecule has 0 aliphatic rings. The van der Waals surface area contributed by atoms with Crippen LogP contribution in [0.5, 0.6) is 0 Å². The molecule has 0 atom stereocenters. The summed E-state index contributed by atoms with van der Waals surface area (Å²) in [6.07, 6.45) is 6.93. The molecular weight excluding hydrogens is 392 g/mol. The molecule has 3 heterocycles. The van der Waals surface area contributed by atoms with Gasteiger partial charge in [0.1, 0.15) is 4.60 Å². The third-order valence-electron chi connectivity index (χ3n) is 4.21. The summed E-state index contributed by atoms with van der Waals surface area (Å²) < 4.78 is 2.74. The van der Waals surface area contributed by atoms with Crippen LogP contribution < -0.4 is 5.32 Å². The Balaban J connectivity index is 1.83. The maximum atomic E-state index is 12.6. The highest BCUT2D eigenvalue weighted by molar-refractivity contribution is 9.10. The molecule has 0 aliphatic heterocycles. The average molecular weight is 407 g/mol. The Kier molecular flexibility index (Phi) is 4.26. The smallest absolute Gasteiger partial charge is 0.255 e. The fourth-order valence-electron chi connectivity index (χ4n) is 2.89. The van der Waals surface area contributed by atoms with E-state index in [0.717, 1.165) is 21.3 Å². The highest BCUT2D eigenvalue weighted by Crippen LogP contribution is 2.30. The van der Waals surface area contributed by atoms with Gasteiger partial charge < -0.3 is 5.32 Å². The van der Waals surface area contributed by atoms with E-state index < -0.39 is 0 Å². The molecule has 6 heteroatoms. The van der Waals surface area contributed by atoms with Crippen LogP contribution in [0.25, 0.3) is 16.8 Å². The van der Waals surface area contributed by atoms with Gasteiger partial charge in [0.25, 0.3) is 5.91 Å². The minimum atomic E-state index is -0.199. The maximum absolute atomic E-state index is 12.6. The molecule has 0 saturated heterocycles. The van der Waals surface area contributed by atoms with Gasteiger partial charge in [-0.25, -0.2) is 4.98 Å². The van der Waals surface area contributed by atoms with Gasteiger partial charge in [-0.2, -0.15) is 0 Å². The zero-order chi connectivity index (χ0) is 18.1. The molecule has 0 fully saturated rings. The number of carbonyl (C=O) groups excluding carboxylic acids is 1. The monoisotopic (exact) mass is 406 g/mol. The molecule has 0 aliphatic carbocycles. The largest absolute Gasteiger partial charge is 0.319 e. The number of amides is 1. The van der Waals surface area contributed by atoms with Crippen LogP contribution in [0.4, 0.5) is 5.69 Å². The molecule has 4 aromatic rings. The maximum Gasteiger partial charge on any atom is 0.255 e. The van der Waals surface area contributed by atoms with E-state index in [2.05, 4.69) is 50.3 Å². The number of fused-ring (bicyclic) bond motifs is 1. The van der Waals surface area contributed by atoms with E-state index in [1.807, 2.05) is 28.8 Å². The molecular formula is C20H15BrN4O. The topological polar surface area (TPSA) is 59.3 Å². The van der Waals surface area contributed by atoms with Crippen LogP contribution in [0, 0.1) is 6.92 Å². The predicted octanol–water partition coefficient (Wildman–Crippen LogP) is 4.72. The Morgan fingerprint density at radius 1 is 1.15 bits per heavy atom. The summed E-state index contributed by atoms with van der Waals surface area (Å²) in [5, 5.41) is 2.97. The van der Waals surface area contributed by atoms with Gasteiger partial charge >= 0.3 is 0 Å². The van der Waals surface area contributed by atoms with Crippen molar-refractivity contribution in [1.29, 1.82) is 0 Å². The van der Waals surface area contributed by atoms with Crippen molar-refractivity contribution in [3.63, 3.8) is 0 Å². The molecule has 0 saturated carbocycles. The minimum Gasteiger partial charge on any atom is -0.319 e. The highest BCUT2D eigenvalue weighted by atomic mass is 79.9. The molecule has 0 spiro atoms. The number of halogens is 1. The Morgan fingerprint density at radius 2 is 1.92 bits per heavy atom. The molecule has 26 heavy (non-hydrogen) atoms. The second kappa shape index (κ2) is 6.72. The molecule has 1 aromatic carbocycles. The fraction of sp³-hybridized carbons (Fsp3) is 0.0500. The molecule has 0 bridgehead atoms. The molecule has 1 N–H and O–H groups in total. The molecule has 5 nitrogen and oxygen atoms in total. The van der Waals surface area contributed by atoms with E-state index in [1.165, 1.54) is 0 Å². The number of hydrogen-bond donors (Lipinski definition) is 1. The standard InChI is InChI=1S/C20H15BrN4O/c1-13-4-2-3-5-16(13)15-10-17(19-23-11-18(21)25(19)12-15)24-20(26)14-6-8-22-9-7-14/h2-12H,1H3,(H,24,26). The summed E-state index contributed by atoms with van der Waals surface area (Å²) in [4.78, 5) is 21.0. The van der Waals surface area contributed by atoms with Crippen molar-refractivity contribution in [3.8, 4) is 11.1 Å². The number of aromatic nitrogens is 3. The van der Waals surface area contributed by atoms with Crippen LogP contribution in [0.15, 0.2) is 71.9 Å². The van der Waals surface area contributed by atoms with Gasteiger partial charge in [-0.05, 0) is 52.2 Å². The van der Waals surface area contributed by atoms with E-state index >= 15 is 0 Å². The summed E-state index contributed by atoms with van der Waals surface area (Å²) >= 11 is 3.52. The first-order valence-corrected chi connectivity index (χ1v) is 8.87. The van der Waals surface area contributed by atoms with Gasteiger partial charge in [-0.1, -0.05) is 24.3 Å². The van der Waals surface area contributed by atoms with Gasteiger partial charge in [0.2, 0.25) is 0 Å². The van der Waals surface area contributed by atoms with Gasteiger partial charge in [0.05, 0.1) is 11.9 Å². The van der Waals surface area contributed by atoms with E-state index in [1.54, 1.807) is 30.7 Å². The summed E-state index contributed by atoms with van der Waals surface area (Å²) in [7, 11) is 0. The van der Waals surface area contributed by atoms with Crippen LogP contribution in [0.1, 0.15) is 15.9 Å². The van der Waals surface area contributed by atoms with Gasteiger partial charge in [0.15, 0.2) is 5.65 Å². The Bertz CT molecular complexity index is 1110. The van der Waals surface area contributed by atoms with E-state index in [9.17, 15) is 4.79 Å². The first kappa shape index (κ1) is 16.5. The van der Waals surface area contributed by atoms with Crippen molar-refractivity contribution < 1.29 is 4.79 Å². The average Bonchev–Trinajstić information content (AvgIpc) is 3.04. The van der Waals surface area contributed by atoms with Gasteiger partial charge in [-0.3, -0.25) is 14.2 Å².